The van der Waals surface area contributed by atoms with Gasteiger partial charge in [0.2, 0.25) is 11.8 Å². The molecule has 2 heterocycles. The summed E-state index contributed by atoms with van der Waals surface area (Å²) in [6.45, 7) is 6.47. The molecule has 0 saturated carbocycles. The highest BCUT2D eigenvalue weighted by Crippen LogP contribution is 2.28. The van der Waals surface area contributed by atoms with Gasteiger partial charge in [-0.15, -0.1) is 11.3 Å². The van der Waals surface area contributed by atoms with E-state index >= 15 is 0 Å². The van der Waals surface area contributed by atoms with Gasteiger partial charge < -0.3 is 10.2 Å². The number of nitrogens with zero attached hydrogens (tertiary/aromatic N) is 1. The Balaban J connectivity index is 1.80. The molecule has 2 aromatic rings. The highest BCUT2D eigenvalue weighted by molar-refractivity contribution is 7.16. The van der Waals surface area contributed by atoms with Crippen molar-refractivity contribution in [2.75, 3.05) is 0 Å². The monoisotopic (exact) mass is 404 g/mol. The molecule has 6 heteroatoms. The Hall–Kier alpha value is -1.85. The first kappa shape index (κ1) is 19.9. The minimum Gasteiger partial charge on any atom is -0.347 e. The van der Waals surface area contributed by atoms with Gasteiger partial charge in [-0.1, -0.05) is 49.7 Å². The molecular weight excluding hydrogens is 380 g/mol. The van der Waals surface area contributed by atoms with Gasteiger partial charge in [0.05, 0.1) is 10.4 Å². The van der Waals surface area contributed by atoms with E-state index in [4.69, 9.17) is 11.6 Å². The first-order chi connectivity index (χ1) is 12.8. The Bertz CT molecular complexity index is 833. The normalized spacial score (nSPS) is 17.5. The fourth-order valence-corrected chi connectivity index (χ4v) is 4.49. The molecule has 0 saturated heterocycles. The molecule has 1 aliphatic heterocycles. The Morgan fingerprint density at radius 3 is 2.52 bits per heavy atom. The summed E-state index contributed by atoms with van der Waals surface area (Å²) in [5.41, 5.74) is 2.26. The molecule has 27 heavy (non-hydrogen) atoms. The number of hydrogen-bond acceptors (Lipinski definition) is 3. The third kappa shape index (κ3) is 4.71. The summed E-state index contributed by atoms with van der Waals surface area (Å²) in [7, 11) is 0. The van der Waals surface area contributed by atoms with E-state index in [0.717, 1.165) is 16.0 Å². The standard InChI is InChI=1S/C21H25ClN2O2S/c1-13(2)10-20(25)24-12-16-7-5-4-6-15(16)11-17(24)21(26)23-14(3)18-8-9-19(22)27-18/h4-9,13-14,17H,10-12H2,1-3H3,(H,23,26). The van der Waals surface area contributed by atoms with Gasteiger partial charge in [-0.05, 0) is 36.1 Å². The summed E-state index contributed by atoms with van der Waals surface area (Å²) in [4.78, 5) is 28.6. The smallest absolute Gasteiger partial charge is 0.243 e. The lowest BCUT2D eigenvalue weighted by Crippen LogP contribution is -2.53. The number of thiophene rings is 1. The van der Waals surface area contributed by atoms with E-state index in [9.17, 15) is 9.59 Å². The molecule has 0 spiro atoms. The van der Waals surface area contributed by atoms with Crippen LogP contribution in [0.25, 0.3) is 0 Å². The minimum atomic E-state index is -0.482. The van der Waals surface area contributed by atoms with Crippen LogP contribution >= 0.6 is 22.9 Å². The molecule has 1 aromatic carbocycles. The minimum absolute atomic E-state index is 0.0338. The second kappa shape index (κ2) is 8.44. The summed E-state index contributed by atoms with van der Waals surface area (Å²) < 4.78 is 0.700. The molecule has 2 unspecified atom stereocenters. The lowest BCUT2D eigenvalue weighted by Gasteiger charge is -2.37. The van der Waals surface area contributed by atoms with Crippen molar-refractivity contribution < 1.29 is 9.59 Å². The Kier molecular flexibility index (Phi) is 6.22. The lowest BCUT2D eigenvalue weighted by atomic mass is 9.92. The number of rotatable bonds is 5. The van der Waals surface area contributed by atoms with Gasteiger partial charge in [0.15, 0.2) is 0 Å². The number of fused-ring (bicyclic) bond motifs is 1. The largest absolute Gasteiger partial charge is 0.347 e. The zero-order valence-corrected chi connectivity index (χ0v) is 17.4. The molecule has 3 rings (SSSR count). The summed E-state index contributed by atoms with van der Waals surface area (Å²) in [5, 5.41) is 3.07. The fourth-order valence-electron chi connectivity index (χ4n) is 3.43. The Labute approximate surface area is 169 Å². The van der Waals surface area contributed by atoms with E-state index in [-0.39, 0.29) is 23.8 Å². The molecule has 2 amide bonds. The van der Waals surface area contributed by atoms with Gasteiger partial charge in [-0.2, -0.15) is 0 Å². The second-order valence-corrected chi connectivity index (χ2v) is 9.23. The van der Waals surface area contributed by atoms with Crippen LogP contribution in [0.3, 0.4) is 0 Å². The molecule has 4 nitrogen and oxygen atoms in total. The van der Waals surface area contributed by atoms with Crippen LogP contribution in [-0.2, 0) is 22.6 Å². The number of amides is 2. The zero-order chi connectivity index (χ0) is 19.6. The van der Waals surface area contributed by atoms with E-state index in [1.54, 1.807) is 4.90 Å². The number of carbonyl (C=O) groups excluding carboxylic acids is 2. The first-order valence-electron chi connectivity index (χ1n) is 9.27. The van der Waals surface area contributed by atoms with Crippen LogP contribution in [0.15, 0.2) is 36.4 Å². The van der Waals surface area contributed by atoms with Gasteiger partial charge in [0.25, 0.3) is 0 Å². The molecule has 1 N–H and O–H groups in total. The van der Waals surface area contributed by atoms with E-state index in [2.05, 4.69) is 5.32 Å². The van der Waals surface area contributed by atoms with Gasteiger partial charge in [-0.3, -0.25) is 9.59 Å². The van der Waals surface area contributed by atoms with Crippen molar-refractivity contribution >= 4 is 34.8 Å². The van der Waals surface area contributed by atoms with Crippen LogP contribution in [0.5, 0.6) is 0 Å². The average molecular weight is 405 g/mol. The third-order valence-electron chi connectivity index (χ3n) is 4.83. The average Bonchev–Trinajstić information content (AvgIpc) is 3.06. The summed E-state index contributed by atoms with van der Waals surface area (Å²) in [6.07, 6.45) is 0.992. The molecule has 0 bridgehead atoms. The Morgan fingerprint density at radius 1 is 1.19 bits per heavy atom. The van der Waals surface area contributed by atoms with Crippen LogP contribution in [0.1, 0.15) is 49.2 Å². The van der Waals surface area contributed by atoms with Gasteiger partial charge in [0.1, 0.15) is 6.04 Å². The molecular formula is C21H25ClN2O2S. The summed E-state index contributed by atoms with van der Waals surface area (Å²) >= 11 is 7.47. The predicted molar refractivity (Wildman–Crippen MR) is 110 cm³/mol. The molecule has 0 aliphatic carbocycles. The maximum absolute atomic E-state index is 13.1. The maximum Gasteiger partial charge on any atom is 0.243 e. The lowest BCUT2D eigenvalue weighted by molar-refractivity contribution is -0.142. The summed E-state index contributed by atoms with van der Waals surface area (Å²) in [6, 6.07) is 11.2. The number of benzene rings is 1. The van der Waals surface area contributed by atoms with Crippen molar-refractivity contribution in [1.82, 2.24) is 10.2 Å². The van der Waals surface area contributed by atoms with Crippen LogP contribution < -0.4 is 5.32 Å². The van der Waals surface area contributed by atoms with Crippen molar-refractivity contribution in [2.24, 2.45) is 5.92 Å². The topological polar surface area (TPSA) is 49.4 Å². The van der Waals surface area contributed by atoms with E-state index < -0.39 is 6.04 Å². The number of halogens is 1. The van der Waals surface area contributed by atoms with Crippen molar-refractivity contribution in [2.45, 2.75) is 52.2 Å². The van der Waals surface area contributed by atoms with E-state index in [1.165, 1.54) is 11.3 Å². The van der Waals surface area contributed by atoms with E-state index in [1.807, 2.05) is 57.2 Å². The third-order valence-corrected chi connectivity index (χ3v) is 6.25. The maximum atomic E-state index is 13.1. The van der Waals surface area contributed by atoms with Crippen LogP contribution in [0, 0.1) is 5.92 Å². The molecule has 1 aliphatic rings. The van der Waals surface area contributed by atoms with Crippen LogP contribution in [0.4, 0.5) is 0 Å². The number of carbonyl (C=O) groups is 2. The number of hydrogen-bond donors (Lipinski definition) is 1. The second-order valence-electron chi connectivity index (χ2n) is 7.48. The number of nitrogens with one attached hydrogen (secondary N) is 1. The molecule has 1 aromatic heterocycles. The zero-order valence-electron chi connectivity index (χ0n) is 15.9. The molecule has 144 valence electrons. The summed E-state index contributed by atoms with van der Waals surface area (Å²) in [5.74, 6) is 0.177. The van der Waals surface area contributed by atoms with Crippen LogP contribution in [0.2, 0.25) is 4.34 Å². The van der Waals surface area contributed by atoms with Crippen molar-refractivity contribution in [3.05, 3.63) is 56.7 Å². The predicted octanol–water partition coefficient (Wildman–Crippen LogP) is 4.58. The van der Waals surface area contributed by atoms with Crippen molar-refractivity contribution in [3.63, 3.8) is 0 Å². The van der Waals surface area contributed by atoms with Gasteiger partial charge >= 0.3 is 0 Å². The SMILES string of the molecule is CC(C)CC(=O)N1Cc2ccccc2CC1C(=O)NC(C)c1ccc(Cl)s1. The Morgan fingerprint density at radius 2 is 1.89 bits per heavy atom. The molecule has 0 fully saturated rings. The van der Waals surface area contributed by atoms with Gasteiger partial charge in [-0.25, -0.2) is 0 Å². The van der Waals surface area contributed by atoms with E-state index in [0.29, 0.717) is 23.7 Å². The molecule has 0 radical (unpaired) electrons. The van der Waals surface area contributed by atoms with Gasteiger partial charge in [0, 0.05) is 24.3 Å². The van der Waals surface area contributed by atoms with Crippen LogP contribution in [-0.4, -0.2) is 22.8 Å². The highest BCUT2D eigenvalue weighted by Gasteiger charge is 2.35. The van der Waals surface area contributed by atoms with Crippen molar-refractivity contribution in [1.29, 1.82) is 0 Å². The highest BCUT2D eigenvalue weighted by atomic mass is 35.5. The molecule has 2 atom stereocenters. The van der Waals surface area contributed by atoms with Crippen molar-refractivity contribution in [3.8, 4) is 0 Å². The quantitative estimate of drug-likeness (QED) is 0.792. The fraction of sp³-hybridized carbons (Fsp3) is 0.429. The first-order valence-corrected chi connectivity index (χ1v) is 10.5.